The third-order valence-corrected chi connectivity index (χ3v) is 8.70. The molecule has 244 valence electrons. The molecule has 3 aromatic carbocycles. The molecule has 0 saturated heterocycles. The van der Waals surface area contributed by atoms with Crippen LogP contribution in [0, 0.1) is 0 Å². The lowest BCUT2D eigenvalue weighted by Gasteiger charge is -2.31. The maximum Gasteiger partial charge on any atom is 0.459 e. The van der Waals surface area contributed by atoms with Crippen LogP contribution in [0.5, 0.6) is 5.75 Å². The first kappa shape index (κ1) is 33.3. The Kier molecular flexibility index (Phi) is 9.40. The van der Waals surface area contributed by atoms with Crippen LogP contribution in [-0.2, 0) is 35.7 Å². The fourth-order valence-corrected chi connectivity index (χ4v) is 6.63. The number of esters is 1. The van der Waals surface area contributed by atoms with Crippen LogP contribution in [0.15, 0.2) is 66.7 Å². The largest absolute Gasteiger partial charge is 0.459 e. The number of pyridine rings is 1. The van der Waals surface area contributed by atoms with Gasteiger partial charge in [0, 0.05) is 12.0 Å². The number of hydrogen-bond acceptors (Lipinski definition) is 10. The SMILES string of the molecule is CCOCc1nc2c(N)nc3ccccc3c2n1[C@@](C)(O)COP(=O)(N[C@@H](C)C(=O)OC(C)(C)C)Oc1ccc2ccccc2c1. The third-order valence-electron chi connectivity index (χ3n) is 7.07. The molecule has 0 aliphatic carbocycles. The smallest absolute Gasteiger partial charge is 0.459 e. The van der Waals surface area contributed by atoms with E-state index in [4.69, 9.17) is 24.3 Å². The van der Waals surface area contributed by atoms with Gasteiger partial charge in [-0.25, -0.2) is 14.5 Å². The molecule has 0 fully saturated rings. The summed E-state index contributed by atoms with van der Waals surface area (Å²) < 4.78 is 39.1. The molecule has 0 amide bonds. The number of rotatable bonds is 12. The number of imidazole rings is 1. The number of nitrogen functional groups attached to an aromatic ring is 1. The molecule has 13 heteroatoms. The van der Waals surface area contributed by atoms with Crippen molar-refractivity contribution in [2.75, 3.05) is 18.9 Å². The zero-order valence-electron chi connectivity index (χ0n) is 26.8. The summed E-state index contributed by atoms with van der Waals surface area (Å²) in [6.45, 7) is 9.94. The molecule has 0 radical (unpaired) electrons. The highest BCUT2D eigenvalue weighted by molar-refractivity contribution is 7.52. The summed E-state index contributed by atoms with van der Waals surface area (Å²) in [6.07, 6.45) is 0. The molecule has 3 atom stereocenters. The molecule has 0 aliphatic rings. The van der Waals surface area contributed by atoms with Crippen LogP contribution in [0.1, 0.15) is 47.4 Å². The number of carbonyl (C=O) groups is 1. The summed E-state index contributed by atoms with van der Waals surface area (Å²) in [4.78, 5) is 22.0. The number of para-hydroxylation sites is 1. The van der Waals surface area contributed by atoms with E-state index < -0.39 is 37.7 Å². The van der Waals surface area contributed by atoms with Crippen LogP contribution in [0.25, 0.3) is 32.7 Å². The standard InChI is InChI=1S/C33H40N5O7P/c1-7-42-19-27-36-28-29(25-14-10-11-15-26(25)35-30(28)34)38(27)33(6,40)20-43-46(41,37-21(2)31(39)44-32(3,4)5)45-24-17-16-22-12-8-9-13-23(22)18-24/h8-18,21,40H,7,19-20H2,1-6H3,(H2,34,35)(H,37,41)/t21-,33-,46?/m0/s1. The highest BCUT2D eigenvalue weighted by atomic mass is 31.2. The molecule has 2 heterocycles. The second-order valence-corrected chi connectivity index (χ2v) is 13.9. The molecule has 0 saturated carbocycles. The first-order valence-electron chi connectivity index (χ1n) is 15.0. The van der Waals surface area contributed by atoms with Crippen LogP contribution < -0.4 is 15.3 Å². The number of ether oxygens (including phenoxy) is 2. The zero-order chi connectivity index (χ0) is 33.3. The van der Waals surface area contributed by atoms with Gasteiger partial charge in [-0.2, -0.15) is 5.09 Å². The highest BCUT2D eigenvalue weighted by Gasteiger charge is 2.38. The number of nitrogens with zero attached hydrogens (tertiary/aromatic N) is 3. The third kappa shape index (κ3) is 7.32. The fraction of sp³-hybridized carbons (Fsp3) is 0.364. The van der Waals surface area contributed by atoms with E-state index in [0.29, 0.717) is 34.4 Å². The maximum absolute atomic E-state index is 14.4. The Morgan fingerprint density at radius 2 is 1.74 bits per heavy atom. The van der Waals surface area contributed by atoms with Crippen molar-refractivity contribution in [2.45, 2.75) is 65.5 Å². The Morgan fingerprint density at radius 1 is 1.04 bits per heavy atom. The Balaban J connectivity index is 1.53. The summed E-state index contributed by atoms with van der Waals surface area (Å²) in [5.74, 6) is 0.121. The van der Waals surface area contributed by atoms with E-state index in [0.717, 1.165) is 10.8 Å². The molecule has 4 N–H and O–H groups in total. The van der Waals surface area contributed by atoms with Crippen molar-refractivity contribution < 1.29 is 33.0 Å². The van der Waals surface area contributed by atoms with Crippen molar-refractivity contribution in [3.05, 3.63) is 72.6 Å². The molecular weight excluding hydrogens is 609 g/mol. The Bertz CT molecular complexity index is 1940. The minimum atomic E-state index is -4.36. The normalized spacial score (nSPS) is 15.5. The molecular formula is C33H40N5O7P. The lowest BCUT2D eigenvalue weighted by atomic mass is 10.1. The van der Waals surface area contributed by atoms with Gasteiger partial charge in [-0.05, 0) is 70.5 Å². The average Bonchev–Trinajstić information content (AvgIpc) is 3.40. The molecule has 12 nitrogen and oxygen atoms in total. The molecule has 0 spiro atoms. The van der Waals surface area contributed by atoms with Crippen molar-refractivity contribution in [1.82, 2.24) is 19.6 Å². The zero-order valence-corrected chi connectivity index (χ0v) is 27.7. The number of aromatic nitrogens is 3. The number of nitrogens with two attached hydrogens (primary N) is 1. The van der Waals surface area contributed by atoms with E-state index in [-0.39, 0.29) is 18.2 Å². The topological polar surface area (TPSA) is 160 Å². The summed E-state index contributed by atoms with van der Waals surface area (Å²) in [5, 5.41) is 17.3. The van der Waals surface area contributed by atoms with Gasteiger partial charge >= 0.3 is 13.7 Å². The van der Waals surface area contributed by atoms with Crippen molar-refractivity contribution in [3.8, 4) is 5.75 Å². The Morgan fingerprint density at radius 3 is 2.46 bits per heavy atom. The van der Waals surface area contributed by atoms with Gasteiger partial charge in [0.05, 0.1) is 11.0 Å². The van der Waals surface area contributed by atoms with E-state index >= 15 is 0 Å². The Labute approximate surface area is 267 Å². The van der Waals surface area contributed by atoms with Gasteiger partial charge < -0.3 is 24.8 Å². The average molecular weight is 650 g/mol. The van der Waals surface area contributed by atoms with Crippen LogP contribution in [0.4, 0.5) is 5.82 Å². The number of carbonyl (C=O) groups excluding carboxylic acids is 1. The molecule has 1 unspecified atom stereocenters. The van der Waals surface area contributed by atoms with Crippen molar-refractivity contribution >= 4 is 52.2 Å². The molecule has 46 heavy (non-hydrogen) atoms. The predicted molar refractivity (Wildman–Crippen MR) is 177 cm³/mol. The van der Waals surface area contributed by atoms with E-state index in [9.17, 15) is 14.5 Å². The van der Waals surface area contributed by atoms with Crippen molar-refractivity contribution in [3.63, 3.8) is 0 Å². The summed E-state index contributed by atoms with van der Waals surface area (Å²) in [6, 6.07) is 19.1. The minimum Gasteiger partial charge on any atom is -0.459 e. The predicted octanol–water partition coefficient (Wildman–Crippen LogP) is 6.04. The van der Waals surface area contributed by atoms with E-state index in [1.807, 2.05) is 61.5 Å². The summed E-state index contributed by atoms with van der Waals surface area (Å²) >= 11 is 0. The van der Waals surface area contributed by atoms with Crippen LogP contribution in [0.2, 0.25) is 0 Å². The van der Waals surface area contributed by atoms with Crippen LogP contribution in [-0.4, -0.2) is 50.5 Å². The quantitative estimate of drug-likeness (QED) is 0.107. The summed E-state index contributed by atoms with van der Waals surface area (Å²) in [7, 11) is -4.36. The van der Waals surface area contributed by atoms with Gasteiger partial charge in [0.25, 0.3) is 0 Å². The number of fused-ring (bicyclic) bond motifs is 4. The molecule has 0 bridgehead atoms. The van der Waals surface area contributed by atoms with Gasteiger partial charge in [0.15, 0.2) is 11.5 Å². The second kappa shape index (κ2) is 13.0. The van der Waals surface area contributed by atoms with Gasteiger partial charge in [-0.15, -0.1) is 0 Å². The van der Waals surface area contributed by atoms with Gasteiger partial charge in [0.2, 0.25) is 0 Å². The molecule has 5 aromatic rings. The first-order valence-corrected chi connectivity index (χ1v) is 16.5. The fourth-order valence-electron chi connectivity index (χ4n) is 5.06. The van der Waals surface area contributed by atoms with E-state index in [2.05, 4.69) is 15.1 Å². The second-order valence-electron chi connectivity index (χ2n) is 12.2. The molecule has 5 rings (SSSR count). The maximum atomic E-state index is 14.4. The number of anilines is 1. The van der Waals surface area contributed by atoms with Gasteiger partial charge in [-0.1, -0.05) is 48.5 Å². The lowest BCUT2D eigenvalue weighted by Crippen LogP contribution is -2.41. The molecule has 0 aliphatic heterocycles. The highest BCUT2D eigenvalue weighted by Crippen LogP contribution is 2.47. The number of hydrogen-bond donors (Lipinski definition) is 3. The van der Waals surface area contributed by atoms with Gasteiger partial charge in [0.1, 0.15) is 41.9 Å². The van der Waals surface area contributed by atoms with E-state index in [1.165, 1.54) is 13.8 Å². The van der Waals surface area contributed by atoms with Crippen LogP contribution >= 0.6 is 7.75 Å². The number of nitrogens with one attached hydrogen (secondary N) is 1. The molecule has 2 aromatic heterocycles. The van der Waals surface area contributed by atoms with E-state index in [1.54, 1.807) is 37.5 Å². The minimum absolute atomic E-state index is 0.0499. The van der Waals surface area contributed by atoms with Crippen molar-refractivity contribution in [2.24, 2.45) is 0 Å². The van der Waals surface area contributed by atoms with Gasteiger partial charge in [-0.3, -0.25) is 13.9 Å². The lowest BCUT2D eigenvalue weighted by molar-refractivity contribution is -0.156. The summed E-state index contributed by atoms with van der Waals surface area (Å²) in [5.41, 5.74) is 5.16. The van der Waals surface area contributed by atoms with Crippen LogP contribution in [0.3, 0.4) is 0 Å². The Hall–Kier alpha value is -4.06. The van der Waals surface area contributed by atoms with Crippen molar-refractivity contribution in [1.29, 1.82) is 0 Å². The monoisotopic (exact) mass is 649 g/mol. The first-order chi connectivity index (χ1) is 21.7. The number of benzene rings is 3. The number of aliphatic hydroxyl groups is 1.